The highest BCUT2D eigenvalue weighted by atomic mass is 32.1. The molecule has 0 aromatic carbocycles. The van der Waals surface area contributed by atoms with Crippen LogP contribution in [0.4, 0.5) is 5.13 Å². The first kappa shape index (κ1) is 13.8. The first-order valence-electron chi connectivity index (χ1n) is 6.61. The minimum absolute atomic E-state index is 0.248. The summed E-state index contributed by atoms with van der Waals surface area (Å²) in [5, 5.41) is 3.19. The van der Waals surface area contributed by atoms with Crippen LogP contribution in [0.25, 0.3) is 0 Å². The maximum Gasteiger partial charge on any atom is 0.185 e. The van der Waals surface area contributed by atoms with Gasteiger partial charge < -0.3 is 10.6 Å². The minimum atomic E-state index is 0.248. The van der Waals surface area contributed by atoms with E-state index in [0.717, 1.165) is 37.9 Å². The maximum atomic E-state index is 5.95. The number of nitrogens with two attached hydrogens (primary N) is 1. The van der Waals surface area contributed by atoms with Gasteiger partial charge in [0, 0.05) is 50.3 Å². The van der Waals surface area contributed by atoms with Crippen LogP contribution in [0.15, 0.2) is 11.6 Å². The van der Waals surface area contributed by atoms with E-state index >= 15 is 0 Å². The normalized spacial score (nSPS) is 20.1. The molecule has 18 heavy (non-hydrogen) atoms. The SMILES string of the molecule is CC(C)(C)C(CN)N1CCN(c2nccs2)CC1. The molecule has 0 amide bonds. The molecular weight excluding hydrogens is 244 g/mol. The van der Waals surface area contributed by atoms with E-state index in [1.165, 1.54) is 0 Å². The summed E-state index contributed by atoms with van der Waals surface area (Å²) >= 11 is 1.72. The van der Waals surface area contributed by atoms with Crippen molar-refractivity contribution in [3.63, 3.8) is 0 Å². The first-order valence-corrected chi connectivity index (χ1v) is 7.49. The average molecular weight is 268 g/mol. The van der Waals surface area contributed by atoms with E-state index in [9.17, 15) is 0 Å². The van der Waals surface area contributed by atoms with Gasteiger partial charge in [-0.15, -0.1) is 11.3 Å². The highest BCUT2D eigenvalue weighted by Crippen LogP contribution is 2.26. The molecule has 1 aliphatic heterocycles. The van der Waals surface area contributed by atoms with Crippen molar-refractivity contribution in [3.8, 4) is 0 Å². The van der Waals surface area contributed by atoms with Crippen molar-refractivity contribution in [2.75, 3.05) is 37.6 Å². The van der Waals surface area contributed by atoms with Crippen LogP contribution in [0.5, 0.6) is 0 Å². The molecule has 4 nitrogen and oxygen atoms in total. The molecule has 1 aliphatic rings. The molecule has 0 radical (unpaired) electrons. The smallest absolute Gasteiger partial charge is 0.185 e. The summed E-state index contributed by atoms with van der Waals surface area (Å²) in [6, 6.07) is 0.468. The minimum Gasteiger partial charge on any atom is -0.346 e. The number of rotatable bonds is 3. The summed E-state index contributed by atoms with van der Waals surface area (Å²) in [6.45, 7) is 11.8. The second kappa shape index (κ2) is 5.55. The van der Waals surface area contributed by atoms with E-state index in [4.69, 9.17) is 5.73 Å². The Balaban J connectivity index is 1.94. The molecule has 0 saturated carbocycles. The van der Waals surface area contributed by atoms with E-state index in [0.29, 0.717) is 6.04 Å². The molecule has 1 aromatic rings. The number of aromatic nitrogens is 1. The molecule has 0 bridgehead atoms. The second-order valence-electron chi connectivity index (χ2n) is 5.96. The topological polar surface area (TPSA) is 45.4 Å². The van der Waals surface area contributed by atoms with Gasteiger partial charge >= 0.3 is 0 Å². The van der Waals surface area contributed by atoms with Crippen molar-refractivity contribution in [2.45, 2.75) is 26.8 Å². The van der Waals surface area contributed by atoms with Gasteiger partial charge in [-0.05, 0) is 5.41 Å². The summed E-state index contributed by atoms with van der Waals surface area (Å²) < 4.78 is 0. The molecule has 2 rings (SSSR count). The Morgan fingerprint density at radius 1 is 1.33 bits per heavy atom. The standard InChI is InChI=1S/C13H24N4S/c1-13(2,3)11(10-14)16-5-7-17(8-6-16)12-15-4-9-18-12/h4,9,11H,5-8,10,14H2,1-3H3. The highest BCUT2D eigenvalue weighted by Gasteiger charge is 2.31. The van der Waals surface area contributed by atoms with Gasteiger partial charge in [0.05, 0.1) is 0 Å². The zero-order chi connectivity index (χ0) is 13.2. The Hall–Kier alpha value is -0.650. The monoisotopic (exact) mass is 268 g/mol. The van der Waals surface area contributed by atoms with Crippen LogP contribution in [0, 0.1) is 5.41 Å². The van der Waals surface area contributed by atoms with E-state index < -0.39 is 0 Å². The Morgan fingerprint density at radius 3 is 2.44 bits per heavy atom. The molecule has 1 fully saturated rings. The van der Waals surface area contributed by atoms with E-state index in [1.54, 1.807) is 11.3 Å². The summed E-state index contributed by atoms with van der Waals surface area (Å²) in [5.41, 5.74) is 6.20. The molecule has 2 N–H and O–H groups in total. The quantitative estimate of drug-likeness (QED) is 0.905. The lowest BCUT2D eigenvalue weighted by Gasteiger charge is -2.44. The van der Waals surface area contributed by atoms with Gasteiger partial charge in [-0.2, -0.15) is 0 Å². The fourth-order valence-electron chi connectivity index (χ4n) is 2.65. The third kappa shape index (κ3) is 3.02. The van der Waals surface area contributed by atoms with Gasteiger partial charge in [0.25, 0.3) is 0 Å². The number of hydrogen-bond donors (Lipinski definition) is 1. The largest absolute Gasteiger partial charge is 0.346 e. The number of hydrogen-bond acceptors (Lipinski definition) is 5. The van der Waals surface area contributed by atoms with Crippen molar-refractivity contribution < 1.29 is 0 Å². The van der Waals surface area contributed by atoms with Crippen LogP contribution in [0.2, 0.25) is 0 Å². The molecule has 0 spiro atoms. The molecule has 2 heterocycles. The lowest BCUT2D eigenvalue weighted by molar-refractivity contribution is 0.0987. The molecule has 1 unspecified atom stereocenters. The second-order valence-corrected chi connectivity index (χ2v) is 6.83. The van der Waals surface area contributed by atoms with Gasteiger partial charge in [0.15, 0.2) is 5.13 Å². The Labute approximate surface area is 114 Å². The zero-order valence-corrected chi connectivity index (χ0v) is 12.4. The first-order chi connectivity index (χ1) is 8.52. The van der Waals surface area contributed by atoms with Crippen LogP contribution < -0.4 is 10.6 Å². The van der Waals surface area contributed by atoms with E-state index in [1.807, 2.05) is 11.6 Å². The molecule has 5 heteroatoms. The van der Waals surface area contributed by atoms with Crippen LogP contribution >= 0.6 is 11.3 Å². The van der Waals surface area contributed by atoms with Crippen molar-refractivity contribution in [2.24, 2.45) is 11.1 Å². The van der Waals surface area contributed by atoms with Crippen molar-refractivity contribution >= 4 is 16.5 Å². The third-order valence-corrected chi connectivity index (χ3v) is 4.50. The predicted octanol–water partition coefficient (Wildman–Crippen LogP) is 1.64. The predicted molar refractivity (Wildman–Crippen MR) is 78.2 cm³/mol. The van der Waals surface area contributed by atoms with Gasteiger partial charge in [0.1, 0.15) is 0 Å². The van der Waals surface area contributed by atoms with Crippen molar-refractivity contribution in [1.29, 1.82) is 0 Å². The van der Waals surface area contributed by atoms with E-state index in [-0.39, 0.29) is 5.41 Å². The number of anilines is 1. The third-order valence-electron chi connectivity index (χ3n) is 3.67. The summed E-state index contributed by atoms with van der Waals surface area (Å²) in [5.74, 6) is 0. The van der Waals surface area contributed by atoms with Crippen molar-refractivity contribution in [1.82, 2.24) is 9.88 Å². The Bertz CT molecular complexity index is 350. The Morgan fingerprint density at radius 2 is 2.00 bits per heavy atom. The zero-order valence-electron chi connectivity index (χ0n) is 11.6. The fraction of sp³-hybridized carbons (Fsp3) is 0.769. The molecule has 1 atom stereocenters. The van der Waals surface area contributed by atoms with E-state index in [2.05, 4.69) is 35.6 Å². The maximum absolute atomic E-state index is 5.95. The molecule has 0 aliphatic carbocycles. The summed E-state index contributed by atoms with van der Waals surface area (Å²) in [7, 11) is 0. The van der Waals surface area contributed by atoms with Gasteiger partial charge in [-0.25, -0.2) is 4.98 Å². The number of piperazine rings is 1. The lowest BCUT2D eigenvalue weighted by atomic mass is 9.85. The Kier molecular flexibility index (Phi) is 4.25. The van der Waals surface area contributed by atoms with Crippen molar-refractivity contribution in [3.05, 3.63) is 11.6 Å². The van der Waals surface area contributed by atoms with Gasteiger partial charge in [-0.1, -0.05) is 20.8 Å². The molecule has 102 valence electrons. The molecule has 1 aromatic heterocycles. The molecule has 1 saturated heterocycles. The summed E-state index contributed by atoms with van der Waals surface area (Å²) in [4.78, 5) is 9.28. The van der Waals surface area contributed by atoms with Crippen LogP contribution in [0.3, 0.4) is 0 Å². The van der Waals surface area contributed by atoms with Gasteiger partial charge in [0.2, 0.25) is 0 Å². The molecular formula is C13H24N4S. The van der Waals surface area contributed by atoms with Crippen LogP contribution in [-0.2, 0) is 0 Å². The van der Waals surface area contributed by atoms with Gasteiger partial charge in [-0.3, -0.25) is 4.90 Å². The summed E-state index contributed by atoms with van der Waals surface area (Å²) in [6.07, 6.45) is 1.88. The van der Waals surface area contributed by atoms with Crippen LogP contribution in [0.1, 0.15) is 20.8 Å². The van der Waals surface area contributed by atoms with Crippen LogP contribution in [-0.4, -0.2) is 48.6 Å². The number of nitrogens with zero attached hydrogens (tertiary/aromatic N) is 3. The highest BCUT2D eigenvalue weighted by molar-refractivity contribution is 7.13. The average Bonchev–Trinajstić information content (AvgIpc) is 2.82. The number of thiazole rings is 1. The lowest BCUT2D eigenvalue weighted by Crippen LogP contribution is -2.56. The fourth-order valence-corrected chi connectivity index (χ4v) is 3.34.